The summed E-state index contributed by atoms with van der Waals surface area (Å²) in [5, 5.41) is 7.70. The fourth-order valence-electron chi connectivity index (χ4n) is 1.84. The molecule has 2 rings (SSSR count). The first-order chi connectivity index (χ1) is 9.40. The SMILES string of the molecule is COCCNCCCc1cnn(-c2ccncc2)c1. The van der Waals surface area contributed by atoms with Crippen molar-refractivity contribution < 1.29 is 4.74 Å². The van der Waals surface area contributed by atoms with Crippen LogP contribution in [-0.4, -0.2) is 41.6 Å². The second-order valence-electron chi connectivity index (χ2n) is 4.34. The molecule has 0 spiro atoms. The average molecular weight is 260 g/mol. The number of ether oxygens (including phenoxy) is 1. The Labute approximate surface area is 113 Å². The van der Waals surface area contributed by atoms with Gasteiger partial charge in [0.05, 0.1) is 18.5 Å². The summed E-state index contributed by atoms with van der Waals surface area (Å²) in [6, 6.07) is 3.90. The van der Waals surface area contributed by atoms with Crippen molar-refractivity contribution in [2.45, 2.75) is 12.8 Å². The Morgan fingerprint density at radius 1 is 1.26 bits per heavy atom. The van der Waals surface area contributed by atoms with Gasteiger partial charge < -0.3 is 10.1 Å². The fraction of sp³-hybridized carbons (Fsp3) is 0.429. The summed E-state index contributed by atoms with van der Waals surface area (Å²) in [5.74, 6) is 0. The molecule has 0 aromatic carbocycles. The maximum atomic E-state index is 4.98. The molecule has 0 amide bonds. The number of aryl methyl sites for hydroxylation is 1. The van der Waals surface area contributed by atoms with E-state index < -0.39 is 0 Å². The molecule has 0 aliphatic carbocycles. The zero-order valence-corrected chi connectivity index (χ0v) is 11.2. The van der Waals surface area contributed by atoms with Gasteiger partial charge in [0.1, 0.15) is 0 Å². The van der Waals surface area contributed by atoms with Crippen LogP contribution in [0.2, 0.25) is 0 Å². The number of methoxy groups -OCH3 is 1. The van der Waals surface area contributed by atoms with Gasteiger partial charge in [-0.25, -0.2) is 4.68 Å². The van der Waals surface area contributed by atoms with Gasteiger partial charge >= 0.3 is 0 Å². The molecule has 1 N–H and O–H groups in total. The minimum atomic E-state index is 0.764. The molecule has 2 aromatic rings. The van der Waals surface area contributed by atoms with E-state index in [9.17, 15) is 0 Å². The van der Waals surface area contributed by atoms with E-state index in [-0.39, 0.29) is 0 Å². The maximum absolute atomic E-state index is 4.98. The lowest BCUT2D eigenvalue weighted by Crippen LogP contribution is -2.20. The average Bonchev–Trinajstić information content (AvgIpc) is 2.92. The molecule has 0 aliphatic rings. The summed E-state index contributed by atoms with van der Waals surface area (Å²) in [5.41, 5.74) is 2.30. The van der Waals surface area contributed by atoms with Crippen molar-refractivity contribution in [2.75, 3.05) is 26.8 Å². The summed E-state index contributed by atoms with van der Waals surface area (Å²) in [6.45, 7) is 2.68. The van der Waals surface area contributed by atoms with Gasteiger partial charge in [-0.3, -0.25) is 4.98 Å². The van der Waals surface area contributed by atoms with Gasteiger partial charge in [-0.15, -0.1) is 0 Å². The molecule has 5 heteroatoms. The van der Waals surface area contributed by atoms with Crippen LogP contribution in [0.25, 0.3) is 5.69 Å². The maximum Gasteiger partial charge on any atom is 0.0676 e. The summed E-state index contributed by atoms with van der Waals surface area (Å²) in [7, 11) is 1.72. The lowest BCUT2D eigenvalue weighted by molar-refractivity contribution is 0.199. The normalized spacial score (nSPS) is 10.8. The van der Waals surface area contributed by atoms with E-state index in [1.54, 1.807) is 19.5 Å². The zero-order chi connectivity index (χ0) is 13.3. The van der Waals surface area contributed by atoms with E-state index in [0.29, 0.717) is 0 Å². The predicted molar refractivity (Wildman–Crippen MR) is 74.4 cm³/mol. The summed E-state index contributed by atoms with van der Waals surface area (Å²) in [4.78, 5) is 4.00. The largest absolute Gasteiger partial charge is 0.383 e. The van der Waals surface area contributed by atoms with Gasteiger partial charge in [0, 0.05) is 32.2 Å². The lowest BCUT2D eigenvalue weighted by Gasteiger charge is -2.02. The third kappa shape index (κ3) is 4.46. The number of hydrogen-bond acceptors (Lipinski definition) is 4. The Balaban J connectivity index is 1.75. The van der Waals surface area contributed by atoms with Gasteiger partial charge in [-0.05, 0) is 37.1 Å². The van der Waals surface area contributed by atoms with Crippen LogP contribution < -0.4 is 5.32 Å². The van der Waals surface area contributed by atoms with E-state index in [0.717, 1.165) is 38.2 Å². The van der Waals surface area contributed by atoms with Crippen molar-refractivity contribution in [3.8, 4) is 5.69 Å². The second kappa shape index (κ2) is 7.66. The highest BCUT2D eigenvalue weighted by Crippen LogP contribution is 2.07. The van der Waals surface area contributed by atoms with Crippen molar-refractivity contribution in [2.24, 2.45) is 0 Å². The van der Waals surface area contributed by atoms with E-state index >= 15 is 0 Å². The van der Waals surface area contributed by atoms with Crippen molar-refractivity contribution in [1.82, 2.24) is 20.1 Å². The number of aromatic nitrogens is 3. The Hall–Kier alpha value is -1.72. The van der Waals surface area contributed by atoms with Crippen LogP contribution in [0.3, 0.4) is 0 Å². The molecule has 0 fully saturated rings. The Bertz CT molecular complexity index is 469. The molecule has 0 saturated carbocycles. The molecular formula is C14H20N4O. The molecule has 102 valence electrons. The Morgan fingerprint density at radius 3 is 2.89 bits per heavy atom. The minimum absolute atomic E-state index is 0.764. The van der Waals surface area contributed by atoms with Gasteiger partial charge in [0.25, 0.3) is 0 Å². The highest BCUT2D eigenvalue weighted by atomic mass is 16.5. The van der Waals surface area contributed by atoms with E-state index in [4.69, 9.17) is 4.74 Å². The molecule has 0 saturated heterocycles. The number of pyridine rings is 1. The van der Waals surface area contributed by atoms with Crippen molar-refractivity contribution in [3.63, 3.8) is 0 Å². The standard InChI is InChI=1S/C14H20N4O/c1-19-10-9-15-6-2-3-13-11-17-18(12-13)14-4-7-16-8-5-14/h4-5,7-8,11-12,15H,2-3,6,9-10H2,1H3. The number of rotatable bonds is 8. The number of nitrogens with zero attached hydrogens (tertiary/aromatic N) is 3. The van der Waals surface area contributed by atoms with Gasteiger partial charge in [0.15, 0.2) is 0 Å². The topological polar surface area (TPSA) is 52.0 Å². The molecule has 0 aliphatic heterocycles. The first-order valence-corrected chi connectivity index (χ1v) is 6.54. The highest BCUT2D eigenvalue weighted by molar-refractivity contribution is 5.28. The van der Waals surface area contributed by atoms with Crippen molar-refractivity contribution in [1.29, 1.82) is 0 Å². The smallest absolute Gasteiger partial charge is 0.0676 e. The molecule has 2 heterocycles. The lowest BCUT2D eigenvalue weighted by atomic mass is 10.2. The summed E-state index contributed by atoms with van der Waals surface area (Å²) >= 11 is 0. The van der Waals surface area contributed by atoms with Crippen LogP contribution in [-0.2, 0) is 11.2 Å². The highest BCUT2D eigenvalue weighted by Gasteiger charge is 2.00. The van der Waals surface area contributed by atoms with Crippen molar-refractivity contribution in [3.05, 3.63) is 42.5 Å². The van der Waals surface area contributed by atoms with Crippen LogP contribution in [0, 0.1) is 0 Å². The summed E-state index contributed by atoms with van der Waals surface area (Å²) < 4.78 is 6.86. The molecule has 0 atom stereocenters. The number of hydrogen-bond donors (Lipinski definition) is 1. The summed E-state index contributed by atoms with van der Waals surface area (Å²) in [6.07, 6.45) is 9.68. The zero-order valence-electron chi connectivity index (χ0n) is 11.2. The molecule has 5 nitrogen and oxygen atoms in total. The van der Waals surface area contributed by atoms with Crippen LogP contribution in [0.1, 0.15) is 12.0 Å². The Kier molecular flexibility index (Phi) is 5.52. The predicted octanol–water partition coefficient (Wildman–Crippen LogP) is 1.44. The van der Waals surface area contributed by atoms with Gasteiger partial charge in [0.2, 0.25) is 0 Å². The Morgan fingerprint density at radius 2 is 2.11 bits per heavy atom. The van der Waals surface area contributed by atoms with E-state index in [2.05, 4.69) is 21.6 Å². The van der Waals surface area contributed by atoms with Crippen molar-refractivity contribution >= 4 is 0 Å². The van der Waals surface area contributed by atoms with Crippen LogP contribution >= 0.6 is 0 Å². The molecular weight excluding hydrogens is 240 g/mol. The van der Waals surface area contributed by atoms with Crippen LogP contribution in [0.5, 0.6) is 0 Å². The van der Waals surface area contributed by atoms with Crippen LogP contribution in [0.15, 0.2) is 36.9 Å². The third-order valence-corrected chi connectivity index (χ3v) is 2.87. The second-order valence-corrected chi connectivity index (χ2v) is 4.34. The third-order valence-electron chi connectivity index (χ3n) is 2.87. The number of nitrogens with one attached hydrogen (secondary N) is 1. The van der Waals surface area contributed by atoms with E-state index in [1.807, 2.05) is 23.0 Å². The molecule has 2 aromatic heterocycles. The quantitative estimate of drug-likeness (QED) is 0.730. The van der Waals surface area contributed by atoms with Gasteiger partial charge in [-0.1, -0.05) is 0 Å². The molecule has 19 heavy (non-hydrogen) atoms. The molecule has 0 radical (unpaired) electrons. The van der Waals surface area contributed by atoms with Crippen LogP contribution in [0.4, 0.5) is 0 Å². The monoisotopic (exact) mass is 260 g/mol. The minimum Gasteiger partial charge on any atom is -0.383 e. The first kappa shape index (κ1) is 13.7. The van der Waals surface area contributed by atoms with E-state index in [1.165, 1.54) is 5.56 Å². The molecule has 0 bridgehead atoms. The molecule has 0 unspecified atom stereocenters. The first-order valence-electron chi connectivity index (χ1n) is 6.54. The van der Waals surface area contributed by atoms with Gasteiger partial charge in [-0.2, -0.15) is 5.10 Å². The fourth-order valence-corrected chi connectivity index (χ4v) is 1.84.